The minimum atomic E-state index is -0.671. The van der Waals surface area contributed by atoms with Gasteiger partial charge in [-0.15, -0.1) is 0 Å². The van der Waals surface area contributed by atoms with Crippen LogP contribution >= 0.6 is 0 Å². The van der Waals surface area contributed by atoms with Gasteiger partial charge in [-0.1, -0.05) is 13.8 Å². The Morgan fingerprint density at radius 3 is 1.78 bits per heavy atom. The fourth-order valence-electron chi connectivity index (χ4n) is 0.638. The van der Waals surface area contributed by atoms with E-state index in [1.54, 1.807) is 0 Å². The Bertz CT molecular complexity index is 79.1. The first-order valence-electron chi connectivity index (χ1n) is 2.95. The van der Waals surface area contributed by atoms with E-state index in [0.717, 1.165) is 12.8 Å². The summed E-state index contributed by atoms with van der Waals surface area (Å²) >= 11 is 0. The molecule has 54 valence electrons. The third kappa shape index (κ3) is 4.75. The van der Waals surface area contributed by atoms with Crippen LogP contribution in [0, 0.1) is 5.92 Å². The number of carboxylic acids is 1. The Morgan fingerprint density at radius 2 is 1.78 bits per heavy atom. The van der Waals surface area contributed by atoms with Gasteiger partial charge >= 0.3 is 29.9 Å². The summed E-state index contributed by atoms with van der Waals surface area (Å²) in [6.45, 7) is 3.78. The second-order valence-electron chi connectivity index (χ2n) is 1.85. The van der Waals surface area contributed by atoms with E-state index in [1.807, 2.05) is 13.8 Å². The van der Waals surface area contributed by atoms with E-state index in [1.165, 1.54) is 0 Å². The number of carboxylic acid groups (broad SMARTS) is 1. The second kappa shape index (κ2) is 6.39. The number of aliphatic carboxylic acids is 1. The van der Waals surface area contributed by atoms with Crippen LogP contribution in [0.1, 0.15) is 26.7 Å². The topological polar surface area (TPSA) is 37.3 Å². The molecule has 0 bridgehead atoms. The Balaban J connectivity index is 0. The predicted octanol–water partition coefficient (Wildman–Crippen LogP) is 0.591. The summed E-state index contributed by atoms with van der Waals surface area (Å²) in [6.07, 6.45) is 1.48. The standard InChI is InChI=1S/C6H12O2.Sn.2H/c1-3-5(4-2)6(7)8;;;/h5H,3-4H2,1-2H3,(H,7,8);;;. The quantitative estimate of drug-likeness (QED) is 0.729. The summed E-state index contributed by atoms with van der Waals surface area (Å²) < 4.78 is 0. The van der Waals surface area contributed by atoms with E-state index in [9.17, 15) is 4.79 Å². The van der Waals surface area contributed by atoms with Crippen molar-refractivity contribution in [2.45, 2.75) is 26.7 Å². The van der Waals surface area contributed by atoms with E-state index in [2.05, 4.69) is 0 Å². The molecule has 0 rings (SSSR count). The van der Waals surface area contributed by atoms with E-state index in [-0.39, 0.29) is 29.8 Å². The Kier molecular flexibility index (Phi) is 8.52. The van der Waals surface area contributed by atoms with Crippen molar-refractivity contribution >= 4 is 29.9 Å². The van der Waals surface area contributed by atoms with Crippen LogP contribution in [0.2, 0.25) is 0 Å². The van der Waals surface area contributed by atoms with Gasteiger partial charge in [0.2, 0.25) is 0 Å². The Morgan fingerprint density at radius 1 is 1.44 bits per heavy atom. The molecule has 9 heavy (non-hydrogen) atoms. The molecule has 0 aromatic rings. The van der Waals surface area contributed by atoms with Gasteiger partial charge in [-0.25, -0.2) is 0 Å². The van der Waals surface area contributed by atoms with E-state index >= 15 is 0 Å². The molecule has 0 heterocycles. The van der Waals surface area contributed by atoms with Gasteiger partial charge in [0.25, 0.3) is 0 Å². The van der Waals surface area contributed by atoms with Crippen molar-refractivity contribution in [2.75, 3.05) is 0 Å². The fraction of sp³-hybridized carbons (Fsp3) is 0.833. The van der Waals surface area contributed by atoms with Gasteiger partial charge in [0.05, 0.1) is 5.92 Å². The molecule has 0 aliphatic heterocycles. The summed E-state index contributed by atoms with van der Waals surface area (Å²) in [4.78, 5) is 10.2. The maximum absolute atomic E-state index is 10.2. The van der Waals surface area contributed by atoms with Gasteiger partial charge < -0.3 is 5.11 Å². The van der Waals surface area contributed by atoms with Crippen molar-refractivity contribution in [2.24, 2.45) is 5.92 Å². The summed E-state index contributed by atoms with van der Waals surface area (Å²) in [5, 5.41) is 8.37. The molecule has 0 saturated carbocycles. The van der Waals surface area contributed by atoms with Gasteiger partial charge in [-0.05, 0) is 12.8 Å². The zero-order valence-corrected chi connectivity index (χ0v) is 10.1. The average Bonchev–Trinajstić information content (AvgIpc) is 1.69. The first-order valence-corrected chi connectivity index (χ1v) is 2.95. The molecule has 0 aliphatic carbocycles. The molecule has 2 nitrogen and oxygen atoms in total. The molecular weight excluding hydrogens is 223 g/mol. The van der Waals surface area contributed by atoms with Crippen LogP contribution in [0.5, 0.6) is 0 Å². The summed E-state index contributed by atoms with van der Waals surface area (Å²) in [7, 11) is 0. The van der Waals surface area contributed by atoms with Gasteiger partial charge in [0, 0.05) is 0 Å². The molecule has 0 unspecified atom stereocenters. The molecule has 0 aromatic carbocycles. The van der Waals surface area contributed by atoms with Gasteiger partial charge in [-0.2, -0.15) is 0 Å². The number of hydrogen-bond acceptors (Lipinski definition) is 1. The van der Waals surface area contributed by atoms with Crippen molar-refractivity contribution in [3.05, 3.63) is 0 Å². The van der Waals surface area contributed by atoms with E-state index in [4.69, 9.17) is 5.11 Å². The molecule has 0 aliphatic rings. The Labute approximate surface area is 72.6 Å². The summed E-state index contributed by atoms with van der Waals surface area (Å²) in [5.74, 6) is -0.801. The normalized spacial score (nSPS) is 8.78. The van der Waals surface area contributed by atoms with Crippen molar-refractivity contribution < 1.29 is 9.90 Å². The SMILES string of the molecule is CCC(CC)C(=O)O.[SnH2]. The van der Waals surface area contributed by atoms with Crippen molar-refractivity contribution in [1.82, 2.24) is 0 Å². The molecule has 0 fully saturated rings. The van der Waals surface area contributed by atoms with E-state index < -0.39 is 5.97 Å². The molecular formula is C6H14O2Sn. The monoisotopic (exact) mass is 238 g/mol. The molecule has 0 amide bonds. The zero-order chi connectivity index (χ0) is 6.57. The molecule has 0 spiro atoms. The molecule has 0 saturated heterocycles. The van der Waals surface area contributed by atoms with Crippen LogP contribution in [0.25, 0.3) is 0 Å². The molecule has 0 atom stereocenters. The van der Waals surface area contributed by atoms with Crippen LogP contribution in [0.3, 0.4) is 0 Å². The number of hydrogen-bond donors (Lipinski definition) is 1. The van der Waals surface area contributed by atoms with Crippen LogP contribution in [0.4, 0.5) is 0 Å². The van der Waals surface area contributed by atoms with Crippen molar-refractivity contribution in [3.8, 4) is 0 Å². The van der Waals surface area contributed by atoms with Crippen molar-refractivity contribution in [3.63, 3.8) is 0 Å². The van der Waals surface area contributed by atoms with Crippen LogP contribution in [0.15, 0.2) is 0 Å². The predicted molar refractivity (Wildman–Crippen MR) is 40.3 cm³/mol. The Hall–Kier alpha value is 0.269. The van der Waals surface area contributed by atoms with Crippen LogP contribution in [-0.2, 0) is 4.79 Å². The molecule has 2 radical (unpaired) electrons. The van der Waals surface area contributed by atoms with Crippen LogP contribution < -0.4 is 0 Å². The molecule has 3 heteroatoms. The second-order valence-corrected chi connectivity index (χ2v) is 1.85. The third-order valence-corrected chi connectivity index (χ3v) is 1.33. The molecule has 1 N–H and O–H groups in total. The fourth-order valence-corrected chi connectivity index (χ4v) is 0.638. The summed E-state index contributed by atoms with van der Waals surface area (Å²) in [6, 6.07) is 0. The maximum atomic E-state index is 10.2. The summed E-state index contributed by atoms with van der Waals surface area (Å²) in [5.41, 5.74) is 0. The van der Waals surface area contributed by atoms with Gasteiger partial charge in [0.15, 0.2) is 0 Å². The zero-order valence-electron chi connectivity index (χ0n) is 6.05. The number of rotatable bonds is 3. The average molecular weight is 237 g/mol. The molecule has 0 aromatic heterocycles. The minimum absolute atomic E-state index is 0. The third-order valence-electron chi connectivity index (χ3n) is 1.33. The van der Waals surface area contributed by atoms with Crippen LogP contribution in [-0.4, -0.2) is 35.0 Å². The first-order chi connectivity index (χ1) is 3.72. The number of carbonyl (C=O) groups is 1. The first kappa shape index (κ1) is 12.0. The van der Waals surface area contributed by atoms with Gasteiger partial charge in [-0.3, -0.25) is 4.79 Å². The van der Waals surface area contributed by atoms with Gasteiger partial charge in [0.1, 0.15) is 0 Å². The van der Waals surface area contributed by atoms with Crippen molar-refractivity contribution in [1.29, 1.82) is 0 Å². The van der Waals surface area contributed by atoms with E-state index in [0.29, 0.717) is 0 Å².